The third kappa shape index (κ3) is 3.16. The van der Waals surface area contributed by atoms with Crippen LogP contribution in [0.2, 0.25) is 0 Å². The third-order valence-corrected chi connectivity index (χ3v) is 3.50. The summed E-state index contributed by atoms with van der Waals surface area (Å²) in [5, 5.41) is 14.9. The normalized spacial score (nSPS) is 11.7. The van der Waals surface area contributed by atoms with Crippen molar-refractivity contribution in [2.24, 2.45) is 5.73 Å². The number of rotatable bonds is 3. The fourth-order valence-electron chi connectivity index (χ4n) is 1.96. The van der Waals surface area contributed by atoms with Crippen molar-refractivity contribution in [2.75, 3.05) is 5.32 Å². The van der Waals surface area contributed by atoms with Gasteiger partial charge in [0, 0.05) is 16.8 Å². The highest BCUT2D eigenvalue weighted by Gasteiger charge is 2.09. The molecule has 1 aromatic heterocycles. The number of nitrogens with two attached hydrogens (primary N) is 1. The Morgan fingerprint density at radius 1 is 1.30 bits per heavy atom. The first-order chi connectivity index (χ1) is 9.49. The molecule has 1 aromatic carbocycles. The molecule has 0 bridgehead atoms. The van der Waals surface area contributed by atoms with Gasteiger partial charge in [-0.3, -0.25) is 0 Å². The number of nitriles is 1. The van der Waals surface area contributed by atoms with Gasteiger partial charge in [0.25, 0.3) is 0 Å². The molecule has 2 rings (SSSR count). The van der Waals surface area contributed by atoms with E-state index in [-0.39, 0.29) is 0 Å². The fraction of sp³-hybridized carbons (Fsp3) is 0.200. The topological polar surface area (TPSA) is 74.7 Å². The molecule has 0 saturated carbocycles. The molecule has 4 nitrogen and oxygen atoms in total. The minimum absolute atomic E-state index is 0.426. The van der Waals surface area contributed by atoms with Crippen LogP contribution in [0.3, 0.4) is 0 Å². The standard InChI is InChI=1S/C15H16N4S/c1-9-4-10(2)6-12(5-9)18-15-19-14(8-20-15)13(7-16)11(3)17/h4-6,8H,17H2,1-3H3,(H,18,19)/b13-11-. The molecule has 2 aromatic rings. The van der Waals surface area contributed by atoms with Crippen LogP contribution in [0.15, 0.2) is 29.3 Å². The van der Waals surface area contributed by atoms with E-state index < -0.39 is 0 Å². The summed E-state index contributed by atoms with van der Waals surface area (Å²) in [4.78, 5) is 4.40. The Labute approximate surface area is 122 Å². The summed E-state index contributed by atoms with van der Waals surface area (Å²) in [5.74, 6) is 0. The van der Waals surface area contributed by atoms with E-state index in [1.165, 1.54) is 22.5 Å². The van der Waals surface area contributed by atoms with Gasteiger partial charge >= 0.3 is 0 Å². The van der Waals surface area contributed by atoms with Crippen LogP contribution < -0.4 is 11.1 Å². The Bertz CT molecular complexity index is 683. The zero-order valence-corrected chi connectivity index (χ0v) is 12.5. The Morgan fingerprint density at radius 2 is 1.95 bits per heavy atom. The molecule has 0 aliphatic heterocycles. The van der Waals surface area contributed by atoms with Gasteiger partial charge < -0.3 is 11.1 Å². The second kappa shape index (κ2) is 5.76. The molecule has 0 radical (unpaired) electrons. The summed E-state index contributed by atoms with van der Waals surface area (Å²) in [5.41, 5.74) is 10.6. The lowest BCUT2D eigenvalue weighted by molar-refractivity contribution is 1.27. The first-order valence-corrected chi connectivity index (χ1v) is 7.05. The predicted molar refractivity (Wildman–Crippen MR) is 83.7 cm³/mol. The lowest BCUT2D eigenvalue weighted by Gasteiger charge is -2.05. The van der Waals surface area contributed by atoms with Gasteiger partial charge in [0.05, 0.1) is 11.3 Å². The van der Waals surface area contributed by atoms with Gasteiger partial charge in [-0.25, -0.2) is 4.98 Å². The highest BCUT2D eigenvalue weighted by Crippen LogP contribution is 2.26. The van der Waals surface area contributed by atoms with Gasteiger partial charge in [-0.1, -0.05) is 6.07 Å². The number of nitrogens with one attached hydrogen (secondary N) is 1. The number of thiazole rings is 1. The lowest BCUT2D eigenvalue weighted by atomic mass is 10.1. The third-order valence-electron chi connectivity index (χ3n) is 2.74. The minimum atomic E-state index is 0.426. The summed E-state index contributed by atoms with van der Waals surface area (Å²) >= 11 is 1.45. The molecule has 0 aliphatic carbocycles. The SMILES string of the molecule is C/C(N)=C(\C#N)c1csc(Nc2cc(C)cc(C)c2)n1. The molecule has 0 unspecified atom stereocenters. The van der Waals surface area contributed by atoms with Crippen molar-refractivity contribution in [2.45, 2.75) is 20.8 Å². The number of aromatic nitrogens is 1. The molecule has 102 valence electrons. The van der Waals surface area contributed by atoms with Crippen LogP contribution in [0.25, 0.3) is 5.57 Å². The zero-order valence-electron chi connectivity index (χ0n) is 11.7. The van der Waals surface area contributed by atoms with Gasteiger partial charge in [0.2, 0.25) is 0 Å². The second-order valence-corrected chi connectivity index (χ2v) is 5.57. The fourth-order valence-corrected chi connectivity index (χ4v) is 2.69. The van der Waals surface area contributed by atoms with E-state index in [2.05, 4.69) is 48.4 Å². The number of anilines is 2. The number of allylic oxidation sites excluding steroid dienone is 2. The summed E-state index contributed by atoms with van der Waals surface area (Å²) in [7, 11) is 0. The van der Waals surface area contributed by atoms with E-state index >= 15 is 0 Å². The van der Waals surface area contributed by atoms with Gasteiger partial charge in [0.15, 0.2) is 5.13 Å². The first-order valence-electron chi connectivity index (χ1n) is 6.17. The highest BCUT2D eigenvalue weighted by molar-refractivity contribution is 7.13. The molecular formula is C15H16N4S. The van der Waals surface area contributed by atoms with Crippen LogP contribution in [0.5, 0.6) is 0 Å². The molecule has 3 N–H and O–H groups in total. The van der Waals surface area contributed by atoms with E-state index in [9.17, 15) is 0 Å². The van der Waals surface area contributed by atoms with Crippen LogP contribution in [-0.2, 0) is 0 Å². The Balaban J connectivity index is 2.26. The molecule has 20 heavy (non-hydrogen) atoms. The molecule has 0 atom stereocenters. The average Bonchev–Trinajstić information content (AvgIpc) is 2.76. The van der Waals surface area contributed by atoms with E-state index in [1.54, 1.807) is 6.92 Å². The predicted octanol–water partition coefficient (Wildman–Crippen LogP) is 3.72. The van der Waals surface area contributed by atoms with Gasteiger partial charge in [0.1, 0.15) is 6.07 Å². The van der Waals surface area contributed by atoms with Gasteiger partial charge in [-0.2, -0.15) is 5.26 Å². The number of nitrogens with zero attached hydrogens (tertiary/aromatic N) is 2. The second-order valence-electron chi connectivity index (χ2n) is 4.71. The largest absolute Gasteiger partial charge is 0.401 e. The summed E-state index contributed by atoms with van der Waals surface area (Å²) in [6.45, 7) is 5.81. The Hall–Kier alpha value is -2.32. The van der Waals surface area contributed by atoms with Crippen molar-refractivity contribution in [1.29, 1.82) is 5.26 Å². The van der Waals surface area contributed by atoms with Crippen LogP contribution >= 0.6 is 11.3 Å². The molecule has 0 aliphatic rings. The molecular weight excluding hydrogens is 268 g/mol. The number of hydrogen-bond donors (Lipinski definition) is 2. The van der Waals surface area contributed by atoms with Crippen molar-refractivity contribution in [3.8, 4) is 6.07 Å². The van der Waals surface area contributed by atoms with Gasteiger partial charge in [-0.15, -0.1) is 11.3 Å². The highest BCUT2D eigenvalue weighted by atomic mass is 32.1. The van der Waals surface area contributed by atoms with Crippen LogP contribution in [0.4, 0.5) is 10.8 Å². The molecule has 0 amide bonds. The Morgan fingerprint density at radius 3 is 2.50 bits per heavy atom. The van der Waals surface area contributed by atoms with E-state index in [4.69, 9.17) is 11.0 Å². The maximum Gasteiger partial charge on any atom is 0.187 e. The smallest absolute Gasteiger partial charge is 0.187 e. The molecule has 0 saturated heterocycles. The summed E-state index contributed by atoms with van der Waals surface area (Å²) in [6, 6.07) is 8.32. The van der Waals surface area contributed by atoms with Crippen molar-refractivity contribution in [1.82, 2.24) is 4.98 Å². The molecule has 5 heteroatoms. The Kier molecular flexibility index (Phi) is 4.06. The quantitative estimate of drug-likeness (QED) is 0.842. The number of benzene rings is 1. The van der Waals surface area contributed by atoms with Crippen molar-refractivity contribution in [3.63, 3.8) is 0 Å². The molecule has 0 fully saturated rings. The van der Waals surface area contributed by atoms with E-state index in [0.717, 1.165) is 10.8 Å². The number of hydrogen-bond acceptors (Lipinski definition) is 5. The van der Waals surface area contributed by atoms with E-state index in [1.807, 2.05) is 5.38 Å². The minimum Gasteiger partial charge on any atom is -0.401 e. The molecule has 0 spiro atoms. The average molecular weight is 284 g/mol. The van der Waals surface area contributed by atoms with Crippen molar-refractivity contribution >= 4 is 27.7 Å². The first kappa shape index (κ1) is 14.1. The maximum absolute atomic E-state index is 9.08. The zero-order chi connectivity index (χ0) is 14.7. The molecule has 1 heterocycles. The van der Waals surface area contributed by atoms with Crippen molar-refractivity contribution in [3.05, 3.63) is 46.1 Å². The van der Waals surface area contributed by atoms with Crippen LogP contribution in [0, 0.1) is 25.2 Å². The van der Waals surface area contributed by atoms with Gasteiger partial charge in [-0.05, 0) is 44.0 Å². The number of aryl methyl sites for hydroxylation is 2. The van der Waals surface area contributed by atoms with Crippen LogP contribution in [-0.4, -0.2) is 4.98 Å². The van der Waals surface area contributed by atoms with Crippen molar-refractivity contribution < 1.29 is 0 Å². The summed E-state index contributed by atoms with van der Waals surface area (Å²) in [6.07, 6.45) is 0. The maximum atomic E-state index is 9.08. The van der Waals surface area contributed by atoms with Crippen LogP contribution in [0.1, 0.15) is 23.7 Å². The van der Waals surface area contributed by atoms with E-state index in [0.29, 0.717) is 17.0 Å². The monoisotopic (exact) mass is 284 g/mol. The lowest BCUT2D eigenvalue weighted by Crippen LogP contribution is -1.97. The summed E-state index contributed by atoms with van der Waals surface area (Å²) < 4.78 is 0.